The van der Waals surface area contributed by atoms with Gasteiger partial charge < -0.3 is 0 Å². The molecule has 0 aliphatic carbocycles. The second kappa shape index (κ2) is 16.4. The van der Waals surface area contributed by atoms with Gasteiger partial charge >= 0.3 is 0 Å². The van der Waals surface area contributed by atoms with E-state index in [9.17, 15) is 0 Å². The summed E-state index contributed by atoms with van der Waals surface area (Å²) in [6, 6.07) is 23.4. The van der Waals surface area contributed by atoms with Gasteiger partial charge in [-0.25, -0.2) is 0 Å². The maximum absolute atomic E-state index is 3.38. The van der Waals surface area contributed by atoms with Crippen LogP contribution in [-0.4, -0.2) is 64.6 Å². The van der Waals surface area contributed by atoms with Crippen molar-refractivity contribution < 1.29 is 0 Å². The third kappa shape index (κ3) is 11.6. The molecule has 0 fully saturated rings. The fraction of sp³-hybridized carbons (Fsp3) is 0.609. The summed E-state index contributed by atoms with van der Waals surface area (Å²) in [6.07, 6.45) is 0. The van der Waals surface area contributed by atoms with Gasteiger partial charge in [0, 0.05) is 64.6 Å². The van der Waals surface area contributed by atoms with Crippen LogP contribution in [0.15, 0.2) is 54.6 Å². The molecule has 0 N–H and O–H groups in total. The van der Waals surface area contributed by atoms with Crippen LogP contribution < -0.4 is 5.30 Å². The standard InChI is InChI=1S/C46H87PSi8/c1-48(2,3)43(49(4,5)6)34-28-30-38(45(52(13,14)15)53(16,17)18)40(32-34)36-26-25-27-37(42(36)47)41-33-35(44(50(7,8)9)51(10,11)12)29-31-39(41)46(54(19,20)21)55(22,23)24/h25-33,43-46H,47H2,1-24H3. The number of rotatable bonds is 14. The van der Waals surface area contributed by atoms with Crippen LogP contribution in [0, 0.1) is 0 Å². The molecule has 3 aromatic carbocycles. The van der Waals surface area contributed by atoms with Crippen LogP contribution in [0.4, 0.5) is 0 Å². The molecular weight excluding hydrogens is 808 g/mol. The molecule has 0 spiro atoms. The lowest BCUT2D eigenvalue weighted by Crippen LogP contribution is -2.47. The first kappa shape index (κ1) is 49.2. The van der Waals surface area contributed by atoms with Crippen molar-refractivity contribution in [3.8, 4) is 22.3 Å². The van der Waals surface area contributed by atoms with Crippen molar-refractivity contribution in [3.63, 3.8) is 0 Å². The van der Waals surface area contributed by atoms with Crippen molar-refractivity contribution in [1.82, 2.24) is 0 Å². The molecule has 0 aliphatic rings. The molecule has 0 amide bonds. The highest BCUT2D eigenvalue weighted by Gasteiger charge is 2.44. The number of hydrogen-bond donors (Lipinski definition) is 0. The molecule has 0 aromatic heterocycles. The summed E-state index contributed by atoms with van der Waals surface area (Å²) in [5, 5.41) is 4.16. The molecule has 1 atom stereocenters. The van der Waals surface area contributed by atoms with Crippen molar-refractivity contribution in [3.05, 3.63) is 76.9 Å². The molecule has 0 bridgehead atoms. The minimum Gasteiger partial charge on any atom is -0.104 e. The van der Waals surface area contributed by atoms with Gasteiger partial charge in [-0.3, -0.25) is 0 Å². The largest absolute Gasteiger partial charge is 0.104 e. The zero-order valence-electron chi connectivity index (χ0n) is 40.6. The summed E-state index contributed by atoms with van der Waals surface area (Å²) >= 11 is 0. The summed E-state index contributed by atoms with van der Waals surface area (Å²) in [5.74, 6) is 0. The van der Waals surface area contributed by atoms with Gasteiger partial charge in [0.1, 0.15) is 0 Å². The Kier molecular flexibility index (Phi) is 14.6. The summed E-state index contributed by atoms with van der Waals surface area (Å²) in [4.78, 5) is 0. The van der Waals surface area contributed by atoms with Crippen molar-refractivity contribution >= 4 is 79.1 Å². The second-order valence-electron chi connectivity index (χ2n) is 26.1. The molecule has 0 radical (unpaired) electrons. The Hall–Kier alpha value is -0.175. The van der Waals surface area contributed by atoms with Crippen LogP contribution in [-0.2, 0) is 0 Å². The number of hydrogen-bond acceptors (Lipinski definition) is 0. The van der Waals surface area contributed by atoms with Gasteiger partial charge in [-0.05, 0) is 70.5 Å². The minimum absolute atomic E-state index is 0.672. The van der Waals surface area contributed by atoms with Crippen LogP contribution in [0.1, 0.15) is 42.9 Å². The average Bonchev–Trinajstić information content (AvgIpc) is 2.89. The molecule has 9 heteroatoms. The van der Waals surface area contributed by atoms with Crippen molar-refractivity contribution in [2.24, 2.45) is 0 Å². The summed E-state index contributed by atoms with van der Waals surface area (Å²) in [6.45, 7) is 63.1. The topological polar surface area (TPSA) is 0 Å². The van der Waals surface area contributed by atoms with E-state index in [1.165, 1.54) is 27.6 Å². The molecule has 3 aromatic rings. The Morgan fingerprint density at radius 1 is 0.309 bits per heavy atom. The summed E-state index contributed by atoms with van der Waals surface area (Å²) in [5.41, 5.74) is 12.5. The Labute approximate surface area is 353 Å². The molecule has 55 heavy (non-hydrogen) atoms. The summed E-state index contributed by atoms with van der Waals surface area (Å²) < 4.78 is 0. The van der Waals surface area contributed by atoms with E-state index in [-0.39, 0.29) is 0 Å². The van der Waals surface area contributed by atoms with Crippen LogP contribution in [0.25, 0.3) is 22.3 Å². The van der Waals surface area contributed by atoms with Gasteiger partial charge in [0.15, 0.2) is 0 Å². The molecule has 0 saturated heterocycles. The van der Waals surface area contributed by atoms with E-state index >= 15 is 0 Å². The first-order valence-corrected chi connectivity index (χ1v) is 50.7. The molecule has 0 saturated carbocycles. The predicted octanol–water partition coefficient (Wildman–Crippen LogP) is 15.9. The van der Waals surface area contributed by atoms with E-state index in [2.05, 4.69) is 221 Å². The molecule has 1 unspecified atom stereocenters. The first-order valence-electron chi connectivity index (χ1n) is 21.5. The lowest BCUT2D eigenvalue weighted by atomic mass is 9.92. The summed E-state index contributed by atoms with van der Waals surface area (Å²) in [7, 11) is -8.90. The van der Waals surface area contributed by atoms with Gasteiger partial charge in [0.2, 0.25) is 0 Å². The van der Waals surface area contributed by atoms with E-state index in [4.69, 9.17) is 0 Å². The molecule has 0 nitrogen and oxygen atoms in total. The highest BCUT2D eigenvalue weighted by atomic mass is 31.0. The lowest BCUT2D eigenvalue weighted by molar-refractivity contribution is 1.14. The van der Waals surface area contributed by atoms with E-state index < -0.39 is 64.6 Å². The average molecular weight is 896 g/mol. The molecule has 308 valence electrons. The highest BCUT2D eigenvalue weighted by Crippen LogP contribution is 2.47. The zero-order valence-corrected chi connectivity index (χ0v) is 49.7. The van der Waals surface area contributed by atoms with E-state index in [0.29, 0.717) is 20.7 Å². The van der Waals surface area contributed by atoms with Crippen molar-refractivity contribution in [2.75, 3.05) is 0 Å². The zero-order chi connectivity index (χ0) is 42.9. The maximum Gasteiger partial charge on any atom is 0.0493 e. The van der Waals surface area contributed by atoms with E-state index in [1.807, 2.05) is 0 Å². The van der Waals surface area contributed by atoms with Crippen LogP contribution >= 0.6 is 9.24 Å². The van der Waals surface area contributed by atoms with Gasteiger partial charge in [0.25, 0.3) is 0 Å². The van der Waals surface area contributed by atoms with Gasteiger partial charge in [-0.2, -0.15) is 0 Å². The van der Waals surface area contributed by atoms with Gasteiger partial charge in [0.05, 0.1) is 0 Å². The fourth-order valence-corrected chi connectivity index (χ4v) is 64.1. The molecule has 0 heterocycles. The third-order valence-electron chi connectivity index (χ3n) is 12.1. The highest BCUT2D eigenvalue weighted by molar-refractivity contribution is 7.28. The van der Waals surface area contributed by atoms with E-state index in [0.717, 1.165) is 0 Å². The molecule has 0 aliphatic heterocycles. The van der Waals surface area contributed by atoms with Crippen LogP contribution in [0.2, 0.25) is 157 Å². The maximum atomic E-state index is 3.38. The predicted molar refractivity (Wildman–Crippen MR) is 284 cm³/mol. The Balaban J connectivity index is 2.64. The quantitative estimate of drug-likeness (QED) is 0.112. The van der Waals surface area contributed by atoms with Crippen LogP contribution in [0.5, 0.6) is 0 Å². The monoisotopic (exact) mass is 894 g/mol. The Bertz CT molecular complexity index is 1620. The van der Waals surface area contributed by atoms with E-state index in [1.54, 1.807) is 22.3 Å². The van der Waals surface area contributed by atoms with Gasteiger partial charge in [-0.1, -0.05) is 212 Å². The van der Waals surface area contributed by atoms with Crippen molar-refractivity contribution in [2.45, 2.75) is 178 Å². The molecular formula is C46H87PSi8. The fourth-order valence-electron chi connectivity index (χ4n) is 12.6. The van der Waals surface area contributed by atoms with Gasteiger partial charge in [-0.15, -0.1) is 9.24 Å². The normalized spacial score (nSPS) is 14.6. The first-order chi connectivity index (χ1) is 24.3. The lowest BCUT2D eigenvalue weighted by Gasteiger charge is -2.42. The van der Waals surface area contributed by atoms with Crippen LogP contribution in [0.3, 0.4) is 0 Å². The van der Waals surface area contributed by atoms with Crippen molar-refractivity contribution in [1.29, 1.82) is 0 Å². The Morgan fingerprint density at radius 2 is 0.545 bits per heavy atom. The minimum atomic E-state index is -1.57. The third-order valence-corrected chi connectivity index (χ3v) is 49.9. The Morgan fingerprint density at radius 3 is 0.764 bits per heavy atom. The number of benzene rings is 3. The molecule has 3 rings (SSSR count). The SMILES string of the molecule is C[Si](C)(C)C(c1ccc(C([Si](C)(C)C)[Si](C)(C)C)c(-c2cccc(-c3cc(C([Si](C)(C)C)[Si](C)(C)C)ccc3C([Si](C)(C)C)[Si](C)(C)C)c2P)c1)[Si](C)(C)C. The second-order valence-corrected chi connectivity index (χ2v) is 71.5. The smallest absolute Gasteiger partial charge is 0.0493 e.